The third kappa shape index (κ3) is 3.18. The monoisotopic (exact) mass is 337 g/mol. The van der Waals surface area contributed by atoms with Crippen molar-refractivity contribution in [3.05, 3.63) is 71.8 Å². The lowest BCUT2D eigenvalue weighted by Crippen LogP contribution is -2.35. The number of nitrogens with zero attached hydrogens (tertiary/aromatic N) is 1. The fraction of sp³-hybridized carbons (Fsp3) is 0.250. The molecule has 0 unspecified atom stereocenters. The Morgan fingerprint density at radius 2 is 1.40 bits per heavy atom. The van der Waals surface area contributed by atoms with E-state index in [1.165, 1.54) is 14.2 Å². The van der Waals surface area contributed by atoms with Gasteiger partial charge in [-0.05, 0) is 11.1 Å². The highest BCUT2D eigenvalue weighted by molar-refractivity contribution is 6.15. The first-order valence-electron chi connectivity index (χ1n) is 8.01. The van der Waals surface area contributed by atoms with E-state index >= 15 is 0 Å². The van der Waals surface area contributed by atoms with Gasteiger partial charge in [0.1, 0.15) is 11.8 Å². The number of esters is 2. The lowest BCUT2D eigenvalue weighted by molar-refractivity contribution is -0.154. The summed E-state index contributed by atoms with van der Waals surface area (Å²) in [4.78, 5) is 29.7. The molecular formula is C20H19NO4. The summed E-state index contributed by atoms with van der Waals surface area (Å²) >= 11 is 0. The van der Waals surface area contributed by atoms with Crippen LogP contribution < -0.4 is 0 Å². The zero-order valence-corrected chi connectivity index (χ0v) is 14.1. The van der Waals surface area contributed by atoms with Gasteiger partial charge in [0.05, 0.1) is 26.0 Å². The normalized spacial score (nSPS) is 22.2. The standard InChI is InChI=1S/C20H19NO4/c1-24-19(22)15-16(20(23)25-2)18(14-11-7-4-8-12-14)21-17(15)13-9-5-3-6-10-13/h3-12,15-17H,1-2H3/t15-,16-,17-/m1/s1. The van der Waals surface area contributed by atoms with E-state index in [2.05, 4.69) is 0 Å². The molecule has 2 aromatic rings. The number of carbonyl (C=O) groups excluding carboxylic acids is 2. The van der Waals surface area contributed by atoms with Gasteiger partial charge in [0.15, 0.2) is 0 Å². The van der Waals surface area contributed by atoms with Crippen molar-refractivity contribution in [1.29, 1.82) is 0 Å². The van der Waals surface area contributed by atoms with Crippen LogP contribution in [0.15, 0.2) is 65.7 Å². The molecule has 1 heterocycles. The molecule has 0 N–H and O–H groups in total. The molecule has 25 heavy (non-hydrogen) atoms. The van der Waals surface area contributed by atoms with Gasteiger partial charge in [-0.1, -0.05) is 60.7 Å². The van der Waals surface area contributed by atoms with E-state index in [-0.39, 0.29) is 0 Å². The molecule has 3 rings (SSSR count). The first kappa shape index (κ1) is 16.9. The maximum absolute atomic E-state index is 12.5. The SMILES string of the molecule is COC(=O)[C@H]1C(c2ccccc2)=N[C@H](c2ccccc2)[C@@H]1C(=O)OC. The quantitative estimate of drug-likeness (QED) is 0.805. The second-order valence-electron chi connectivity index (χ2n) is 5.79. The summed E-state index contributed by atoms with van der Waals surface area (Å²) in [6, 6.07) is 18.3. The number of ether oxygens (including phenoxy) is 2. The second kappa shape index (κ2) is 7.30. The van der Waals surface area contributed by atoms with Gasteiger partial charge in [-0.15, -0.1) is 0 Å². The average Bonchev–Trinajstić information content (AvgIpc) is 3.08. The fourth-order valence-electron chi connectivity index (χ4n) is 3.24. The average molecular weight is 337 g/mol. The van der Waals surface area contributed by atoms with Crippen molar-refractivity contribution in [3.8, 4) is 0 Å². The topological polar surface area (TPSA) is 65.0 Å². The number of carbonyl (C=O) groups is 2. The van der Waals surface area contributed by atoms with E-state index in [9.17, 15) is 9.59 Å². The largest absolute Gasteiger partial charge is 0.469 e. The number of hydrogen-bond donors (Lipinski definition) is 0. The molecule has 3 atom stereocenters. The molecule has 0 amide bonds. The first-order valence-corrected chi connectivity index (χ1v) is 8.01. The smallest absolute Gasteiger partial charge is 0.315 e. The Balaban J connectivity index is 2.14. The van der Waals surface area contributed by atoms with Gasteiger partial charge in [-0.25, -0.2) is 0 Å². The van der Waals surface area contributed by atoms with Crippen molar-refractivity contribution in [2.45, 2.75) is 6.04 Å². The van der Waals surface area contributed by atoms with Crippen molar-refractivity contribution in [2.75, 3.05) is 14.2 Å². The second-order valence-corrected chi connectivity index (χ2v) is 5.79. The first-order chi connectivity index (χ1) is 12.2. The summed E-state index contributed by atoms with van der Waals surface area (Å²) in [5, 5.41) is 0. The Kier molecular flexibility index (Phi) is 4.93. The summed E-state index contributed by atoms with van der Waals surface area (Å²) in [6.07, 6.45) is 0. The van der Waals surface area contributed by atoms with Crippen LogP contribution in [0.2, 0.25) is 0 Å². The van der Waals surface area contributed by atoms with Crippen LogP contribution in [0.4, 0.5) is 0 Å². The van der Waals surface area contributed by atoms with Crippen LogP contribution in [0.5, 0.6) is 0 Å². The van der Waals surface area contributed by atoms with E-state index in [0.29, 0.717) is 5.71 Å². The van der Waals surface area contributed by atoms with Gasteiger partial charge < -0.3 is 9.47 Å². The molecular weight excluding hydrogens is 318 g/mol. The minimum absolute atomic E-state index is 0.473. The molecule has 1 aliphatic heterocycles. The van der Waals surface area contributed by atoms with E-state index in [1.807, 2.05) is 60.7 Å². The van der Waals surface area contributed by atoms with Gasteiger partial charge in [0, 0.05) is 0 Å². The highest BCUT2D eigenvalue weighted by Crippen LogP contribution is 2.41. The summed E-state index contributed by atoms with van der Waals surface area (Å²) in [6.45, 7) is 0. The lowest BCUT2D eigenvalue weighted by atomic mass is 9.82. The highest BCUT2D eigenvalue weighted by atomic mass is 16.5. The van der Waals surface area contributed by atoms with E-state index in [4.69, 9.17) is 14.5 Å². The molecule has 0 radical (unpaired) electrons. The Bertz CT molecular complexity index is 786. The number of rotatable bonds is 4. The van der Waals surface area contributed by atoms with Crippen molar-refractivity contribution in [3.63, 3.8) is 0 Å². The van der Waals surface area contributed by atoms with Gasteiger partial charge >= 0.3 is 11.9 Å². The van der Waals surface area contributed by atoms with Crippen LogP contribution in [-0.2, 0) is 19.1 Å². The molecule has 5 nitrogen and oxygen atoms in total. The molecule has 1 aliphatic rings. The van der Waals surface area contributed by atoms with Crippen LogP contribution in [0.3, 0.4) is 0 Å². The van der Waals surface area contributed by atoms with Crippen LogP contribution in [-0.4, -0.2) is 31.9 Å². The predicted octanol–water partition coefficient (Wildman–Crippen LogP) is 2.81. The summed E-state index contributed by atoms with van der Waals surface area (Å²) in [7, 11) is 2.63. The van der Waals surface area contributed by atoms with Gasteiger partial charge in [0.2, 0.25) is 0 Å². The molecule has 0 bridgehead atoms. The fourth-order valence-corrected chi connectivity index (χ4v) is 3.24. The van der Waals surface area contributed by atoms with Crippen molar-refractivity contribution in [2.24, 2.45) is 16.8 Å². The number of methoxy groups -OCH3 is 2. The van der Waals surface area contributed by atoms with Crippen LogP contribution >= 0.6 is 0 Å². The number of hydrogen-bond acceptors (Lipinski definition) is 5. The summed E-state index contributed by atoms with van der Waals surface area (Å²) in [5.41, 5.74) is 2.21. The zero-order chi connectivity index (χ0) is 17.8. The van der Waals surface area contributed by atoms with Gasteiger partial charge in [0.25, 0.3) is 0 Å². The van der Waals surface area contributed by atoms with Gasteiger partial charge in [-0.2, -0.15) is 0 Å². The molecule has 0 saturated carbocycles. The minimum Gasteiger partial charge on any atom is -0.469 e. The highest BCUT2D eigenvalue weighted by Gasteiger charge is 2.49. The predicted molar refractivity (Wildman–Crippen MR) is 93.2 cm³/mol. The number of benzene rings is 2. The minimum atomic E-state index is -0.801. The lowest BCUT2D eigenvalue weighted by Gasteiger charge is -2.21. The van der Waals surface area contributed by atoms with E-state index < -0.39 is 29.8 Å². The third-order valence-corrected chi connectivity index (χ3v) is 4.41. The van der Waals surface area contributed by atoms with Gasteiger partial charge in [-0.3, -0.25) is 14.6 Å². The van der Waals surface area contributed by atoms with Crippen LogP contribution in [0, 0.1) is 11.8 Å². The Hall–Kier alpha value is -2.95. The van der Waals surface area contributed by atoms with Crippen molar-refractivity contribution >= 4 is 17.7 Å². The maximum Gasteiger partial charge on any atom is 0.315 e. The van der Waals surface area contributed by atoms with Crippen molar-refractivity contribution in [1.82, 2.24) is 0 Å². The Morgan fingerprint density at radius 1 is 0.840 bits per heavy atom. The molecule has 0 spiro atoms. The summed E-state index contributed by atoms with van der Waals surface area (Å²) in [5.74, 6) is -2.52. The van der Waals surface area contributed by atoms with Crippen molar-refractivity contribution < 1.29 is 19.1 Å². The molecule has 0 saturated heterocycles. The zero-order valence-electron chi connectivity index (χ0n) is 14.1. The van der Waals surface area contributed by atoms with Crippen LogP contribution in [0.25, 0.3) is 0 Å². The van der Waals surface area contributed by atoms with E-state index in [1.54, 1.807) is 0 Å². The summed E-state index contributed by atoms with van der Waals surface area (Å²) < 4.78 is 9.94. The molecule has 5 heteroatoms. The van der Waals surface area contributed by atoms with E-state index in [0.717, 1.165) is 11.1 Å². The Morgan fingerprint density at radius 3 is 1.96 bits per heavy atom. The van der Waals surface area contributed by atoms with Crippen LogP contribution in [0.1, 0.15) is 17.2 Å². The molecule has 0 aliphatic carbocycles. The maximum atomic E-state index is 12.5. The molecule has 0 fully saturated rings. The number of aliphatic imine (C=N–C) groups is 1. The molecule has 0 aromatic heterocycles. The molecule has 2 aromatic carbocycles. The third-order valence-electron chi connectivity index (χ3n) is 4.41. The Labute approximate surface area is 146 Å². The molecule has 128 valence electrons.